The van der Waals surface area contributed by atoms with Crippen LogP contribution in [-0.4, -0.2) is 57.7 Å². The average molecular weight is 319 g/mol. The zero-order valence-electron chi connectivity index (χ0n) is 12.3. The predicted octanol–water partition coefficient (Wildman–Crippen LogP) is 2.04. The second kappa shape index (κ2) is 7.98. The molecule has 0 aromatic heterocycles. The highest BCUT2D eigenvalue weighted by Crippen LogP contribution is 2.16. The smallest absolute Gasteiger partial charge is 0.242 e. The van der Waals surface area contributed by atoms with E-state index in [1.54, 1.807) is 19.2 Å². The van der Waals surface area contributed by atoms with Gasteiger partial charge in [-0.2, -0.15) is 0 Å². The molecule has 0 unspecified atom stereocenters. The lowest BCUT2D eigenvalue weighted by molar-refractivity contribution is 0.370. The van der Waals surface area contributed by atoms with Crippen molar-refractivity contribution in [3.63, 3.8) is 0 Å². The molecule has 114 valence electrons. The molecule has 0 bridgehead atoms. The fourth-order valence-corrected chi connectivity index (χ4v) is 3.27. The summed E-state index contributed by atoms with van der Waals surface area (Å²) in [6.45, 7) is 1.39. The summed E-state index contributed by atoms with van der Waals surface area (Å²) < 4.78 is 26.1. The normalized spacial score (nSPS) is 12.3. The summed E-state index contributed by atoms with van der Waals surface area (Å²) in [6, 6.07) is 6.95. The third kappa shape index (κ3) is 5.05. The summed E-state index contributed by atoms with van der Waals surface area (Å²) in [4.78, 5) is 2.38. The zero-order valence-corrected chi connectivity index (χ0v) is 13.9. The van der Waals surface area contributed by atoms with Crippen LogP contribution >= 0.6 is 11.6 Å². The van der Waals surface area contributed by atoms with E-state index in [9.17, 15) is 8.42 Å². The van der Waals surface area contributed by atoms with Gasteiger partial charge in [0.25, 0.3) is 0 Å². The van der Waals surface area contributed by atoms with Crippen LogP contribution in [-0.2, 0) is 16.4 Å². The van der Waals surface area contributed by atoms with E-state index in [-0.39, 0.29) is 0 Å². The third-order valence-electron chi connectivity index (χ3n) is 3.09. The molecule has 0 radical (unpaired) electrons. The maximum absolute atomic E-state index is 12.4. The number of aryl methyl sites for hydroxylation is 1. The van der Waals surface area contributed by atoms with Gasteiger partial charge in [-0.15, -0.1) is 11.6 Å². The van der Waals surface area contributed by atoms with E-state index < -0.39 is 10.0 Å². The molecular formula is C14H23ClN2O2S. The van der Waals surface area contributed by atoms with Crippen LogP contribution in [0.2, 0.25) is 0 Å². The number of alkyl halides is 1. The molecule has 6 heteroatoms. The molecule has 0 saturated carbocycles. The highest BCUT2D eigenvalue weighted by molar-refractivity contribution is 7.89. The Morgan fingerprint density at radius 3 is 2.15 bits per heavy atom. The lowest BCUT2D eigenvalue weighted by Gasteiger charge is -2.18. The number of nitrogens with zero attached hydrogens (tertiary/aromatic N) is 2. The van der Waals surface area contributed by atoms with E-state index in [0.29, 0.717) is 17.3 Å². The van der Waals surface area contributed by atoms with Gasteiger partial charge in [0, 0.05) is 19.5 Å². The Balaban J connectivity index is 2.71. The largest absolute Gasteiger partial charge is 0.309 e. The Bertz CT molecular complexity index is 500. The van der Waals surface area contributed by atoms with Crippen molar-refractivity contribution in [2.24, 2.45) is 0 Å². The molecule has 1 aromatic carbocycles. The number of benzene rings is 1. The first kappa shape index (κ1) is 17.4. The van der Waals surface area contributed by atoms with Crippen molar-refractivity contribution in [3.8, 4) is 0 Å². The van der Waals surface area contributed by atoms with Gasteiger partial charge in [-0.3, -0.25) is 0 Å². The van der Waals surface area contributed by atoms with E-state index in [0.717, 1.165) is 24.9 Å². The summed E-state index contributed by atoms with van der Waals surface area (Å²) >= 11 is 5.67. The highest BCUT2D eigenvalue weighted by Gasteiger charge is 2.20. The lowest BCUT2D eigenvalue weighted by Crippen LogP contribution is -2.29. The van der Waals surface area contributed by atoms with Gasteiger partial charge in [-0.25, -0.2) is 12.7 Å². The van der Waals surface area contributed by atoms with Crippen LogP contribution in [0.25, 0.3) is 0 Å². The molecule has 0 fully saturated rings. The molecule has 0 aliphatic rings. The monoisotopic (exact) mass is 318 g/mol. The summed E-state index contributed by atoms with van der Waals surface area (Å²) in [5, 5.41) is 0. The molecule has 0 saturated heterocycles. The zero-order chi connectivity index (χ0) is 15.2. The molecule has 4 nitrogen and oxygen atoms in total. The fraction of sp³-hybridized carbons (Fsp3) is 0.571. The molecule has 0 N–H and O–H groups in total. The molecule has 0 aliphatic heterocycles. The Morgan fingerprint density at radius 1 is 1.05 bits per heavy atom. The maximum Gasteiger partial charge on any atom is 0.242 e. The predicted molar refractivity (Wildman–Crippen MR) is 83.9 cm³/mol. The number of sulfonamides is 1. The molecule has 0 atom stereocenters. The summed E-state index contributed by atoms with van der Waals surface area (Å²) in [7, 11) is 2.19. The van der Waals surface area contributed by atoms with Gasteiger partial charge in [0.1, 0.15) is 0 Å². The first-order valence-corrected chi connectivity index (χ1v) is 8.61. The van der Waals surface area contributed by atoms with E-state index in [1.165, 1.54) is 4.31 Å². The number of rotatable bonds is 8. The van der Waals surface area contributed by atoms with Crippen LogP contribution in [0, 0.1) is 0 Å². The van der Waals surface area contributed by atoms with Gasteiger partial charge in [0.15, 0.2) is 0 Å². The van der Waals surface area contributed by atoms with Crippen molar-refractivity contribution in [2.45, 2.75) is 17.7 Å². The topological polar surface area (TPSA) is 40.6 Å². The molecular weight excluding hydrogens is 296 g/mol. The minimum absolute atomic E-state index is 0.336. The molecule has 0 amide bonds. The number of halogens is 1. The van der Waals surface area contributed by atoms with Crippen molar-refractivity contribution < 1.29 is 8.42 Å². The summed E-state index contributed by atoms with van der Waals surface area (Å²) in [5.74, 6) is 0.538. The van der Waals surface area contributed by atoms with Crippen molar-refractivity contribution in [2.75, 3.05) is 40.1 Å². The molecule has 20 heavy (non-hydrogen) atoms. The van der Waals surface area contributed by atoms with Crippen molar-refractivity contribution in [3.05, 3.63) is 29.8 Å². The van der Waals surface area contributed by atoms with Gasteiger partial charge >= 0.3 is 0 Å². The second-order valence-electron chi connectivity index (χ2n) is 5.07. The molecule has 0 spiro atoms. The van der Waals surface area contributed by atoms with Crippen LogP contribution < -0.4 is 0 Å². The Kier molecular flexibility index (Phi) is 6.95. The third-order valence-corrected chi connectivity index (χ3v) is 5.15. The minimum atomic E-state index is -3.39. The average Bonchev–Trinajstić information content (AvgIpc) is 2.39. The van der Waals surface area contributed by atoms with Gasteiger partial charge in [-0.1, -0.05) is 12.1 Å². The highest BCUT2D eigenvalue weighted by atomic mass is 35.5. The van der Waals surface area contributed by atoms with E-state index in [2.05, 4.69) is 0 Å². The molecule has 1 rings (SSSR count). The lowest BCUT2D eigenvalue weighted by atomic mass is 10.2. The standard InChI is InChI=1S/C14H23ClN2O2S/c1-16(2)11-4-12-17(3)20(18,19)14-7-5-13(6-8-14)9-10-15/h5-8H,4,9-12H2,1-3H3. The van der Waals surface area contributed by atoms with E-state index in [1.807, 2.05) is 31.1 Å². The number of hydrogen-bond acceptors (Lipinski definition) is 3. The first-order chi connectivity index (χ1) is 9.37. The van der Waals surface area contributed by atoms with Crippen LogP contribution in [0.5, 0.6) is 0 Å². The first-order valence-electron chi connectivity index (χ1n) is 6.64. The SMILES string of the molecule is CN(C)CCCN(C)S(=O)(=O)c1ccc(CCCl)cc1. The van der Waals surface area contributed by atoms with Gasteiger partial charge in [0.2, 0.25) is 10.0 Å². The van der Waals surface area contributed by atoms with Gasteiger partial charge in [0.05, 0.1) is 4.90 Å². The van der Waals surface area contributed by atoms with E-state index in [4.69, 9.17) is 11.6 Å². The quantitative estimate of drug-likeness (QED) is 0.689. The van der Waals surface area contributed by atoms with E-state index >= 15 is 0 Å². The molecule has 1 aromatic rings. The second-order valence-corrected chi connectivity index (χ2v) is 7.49. The van der Waals surface area contributed by atoms with Crippen LogP contribution in [0.1, 0.15) is 12.0 Å². The van der Waals surface area contributed by atoms with Gasteiger partial charge in [-0.05, 0) is 51.2 Å². The van der Waals surface area contributed by atoms with Crippen LogP contribution in [0.15, 0.2) is 29.2 Å². The fourth-order valence-electron chi connectivity index (χ4n) is 1.85. The van der Waals surface area contributed by atoms with Gasteiger partial charge < -0.3 is 4.90 Å². The summed E-state index contributed by atoms with van der Waals surface area (Å²) in [6.07, 6.45) is 1.56. The molecule has 0 heterocycles. The van der Waals surface area contributed by atoms with Crippen molar-refractivity contribution >= 4 is 21.6 Å². The molecule has 0 aliphatic carbocycles. The van der Waals surface area contributed by atoms with Crippen LogP contribution in [0.4, 0.5) is 0 Å². The Hall–Kier alpha value is -0.620. The maximum atomic E-state index is 12.4. The minimum Gasteiger partial charge on any atom is -0.309 e. The van der Waals surface area contributed by atoms with Crippen molar-refractivity contribution in [1.82, 2.24) is 9.21 Å². The summed E-state index contributed by atoms with van der Waals surface area (Å²) in [5.41, 5.74) is 1.05. The Morgan fingerprint density at radius 2 is 1.65 bits per heavy atom. The van der Waals surface area contributed by atoms with Crippen molar-refractivity contribution in [1.29, 1.82) is 0 Å². The van der Waals surface area contributed by atoms with Crippen LogP contribution in [0.3, 0.4) is 0 Å². The number of hydrogen-bond donors (Lipinski definition) is 0. The Labute approximate surface area is 127 Å².